The van der Waals surface area contributed by atoms with Crippen molar-refractivity contribution in [2.75, 3.05) is 6.54 Å². The van der Waals surface area contributed by atoms with Crippen molar-refractivity contribution < 1.29 is 4.74 Å². The summed E-state index contributed by atoms with van der Waals surface area (Å²) in [6.45, 7) is 9.11. The molecule has 0 amide bonds. The molecule has 0 aliphatic rings. The van der Waals surface area contributed by atoms with E-state index in [-0.39, 0.29) is 0 Å². The summed E-state index contributed by atoms with van der Waals surface area (Å²) in [5, 5.41) is 7.60. The van der Waals surface area contributed by atoms with Gasteiger partial charge in [-0.3, -0.25) is 4.68 Å². The molecular weight excluding hydrogens is 250 g/mol. The van der Waals surface area contributed by atoms with Gasteiger partial charge in [-0.2, -0.15) is 5.10 Å². The third kappa shape index (κ3) is 3.84. The average molecular weight is 273 g/mol. The number of hydrogen-bond donors (Lipinski definition) is 1. The molecule has 2 aromatic rings. The highest BCUT2D eigenvalue weighted by Crippen LogP contribution is 2.25. The largest absolute Gasteiger partial charge is 0.454 e. The van der Waals surface area contributed by atoms with Gasteiger partial charge in [0.05, 0.1) is 12.4 Å². The van der Waals surface area contributed by atoms with Crippen molar-refractivity contribution in [2.45, 2.75) is 40.3 Å². The molecule has 2 rings (SSSR count). The Bertz CT molecular complexity index is 548. The van der Waals surface area contributed by atoms with E-state index in [0.717, 1.165) is 43.1 Å². The predicted molar refractivity (Wildman–Crippen MR) is 81.2 cm³/mol. The number of hydrogen-bond acceptors (Lipinski definition) is 3. The average Bonchev–Trinajstić information content (AvgIpc) is 2.87. The molecule has 0 atom stereocenters. The lowest BCUT2D eigenvalue weighted by molar-refractivity contribution is 0.476. The first kappa shape index (κ1) is 14.6. The maximum Gasteiger partial charge on any atom is 0.165 e. The number of nitrogens with one attached hydrogen (secondary N) is 1. The molecule has 1 N–H and O–H groups in total. The quantitative estimate of drug-likeness (QED) is 0.839. The highest BCUT2D eigenvalue weighted by molar-refractivity contribution is 5.38. The van der Waals surface area contributed by atoms with Gasteiger partial charge in [-0.25, -0.2) is 0 Å². The van der Waals surface area contributed by atoms with Crippen LogP contribution in [-0.4, -0.2) is 16.3 Å². The summed E-state index contributed by atoms with van der Waals surface area (Å²) in [6.07, 6.45) is 4.77. The summed E-state index contributed by atoms with van der Waals surface area (Å²) in [5.41, 5.74) is 2.42. The van der Waals surface area contributed by atoms with Crippen LogP contribution in [0.25, 0.3) is 0 Å². The molecule has 108 valence electrons. The van der Waals surface area contributed by atoms with Crippen LogP contribution in [-0.2, 0) is 13.1 Å². The predicted octanol–water partition coefficient (Wildman–Crippen LogP) is 3.50. The Morgan fingerprint density at radius 1 is 1.30 bits per heavy atom. The molecule has 1 heterocycles. The van der Waals surface area contributed by atoms with Gasteiger partial charge < -0.3 is 10.1 Å². The smallest absolute Gasteiger partial charge is 0.165 e. The van der Waals surface area contributed by atoms with Crippen molar-refractivity contribution in [1.82, 2.24) is 15.1 Å². The number of benzene rings is 1. The first-order valence-corrected chi connectivity index (χ1v) is 7.23. The standard InChI is InChI=1S/C16H23N3O/c1-4-8-19-12-15(11-18-19)20-16-7-6-14(9-13(16)3)10-17-5-2/h6-7,9,11-12,17H,4-5,8,10H2,1-3H3. The van der Waals surface area contributed by atoms with Crippen molar-refractivity contribution in [2.24, 2.45) is 0 Å². The van der Waals surface area contributed by atoms with Gasteiger partial charge in [0, 0.05) is 13.1 Å². The maximum atomic E-state index is 5.89. The molecule has 0 saturated carbocycles. The Hall–Kier alpha value is -1.81. The minimum Gasteiger partial charge on any atom is -0.454 e. The van der Waals surface area contributed by atoms with Gasteiger partial charge in [-0.1, -0.05) is 26.0 Å². The number of aromatic nitrogens is 2. The van der Waals surface area contributed by atoms with Crippen LogP contribution in [0.2, 0.25) is 0 Å². The Labute approximate surface area is 120 Å². The highest BCUT2D eigenvalue weighted by Gasteiger charge is 2.05. The Morgan fingerprint density at radius 2 is 2.15 bits per heavy atom. The second-order valence-corrected chi connectivity index (χ2v) is 4.92. The minimum atomic E-state index is 0.793. The molecule has 1 aromatic carbocycles. The van der Waals surface area contributed by atoms with Crippen LogP contribution >= 0.6 is 0 Å². The summed E-state index contributed by atoms with van der Waals surface area (Å²) >= 11 is 0. The third-order valence-electron chi connectivity index (χ3n) is 3.11. The molecule has 0 bridgehead atoms. The van der Waals surface area contributed by atoms with Crippen LogP contribution < -0.4 is 10.1 Å². The molecule has 4 nitrogen and oxygen atoms in total. The molecule has 0 unspecified atom stereocenters. The molecule has 0 fully saturated rings. The SMILES string of the molecule is CCCn1cc(Oc2ccc(CNCC)cc2C)cn1. The summed E-state index contributed by atoms with van der Waals surface area (Å²) in [7, 11) is 0. The number of nitrogens with zero attached hydrogens (tertiary/aromatic N) is 2. The van der Waals surface area contributed by atoms with Gasteiger partial charge in [0.1, 0.15) is 5.75 Å². The zero-order valence-electron chi connectivity index (χ0n) is 12.5. The van der Waals surface area contributed by atoms with E-state index < -0.39 is 0 Å². The molecule has 0 aliphatic carbocycles. The van der Waals surface area contributed by atoms with Gasteiger partial charge in [0.15, 0.2) is 5.75 Å². The number of rotatable bonds is 7. The lowest BCUT2D eigenvalue weighted by atomic mass is 10.1. The van der Waals surface area contributed by atoms with Gasteiger partial charge in [0.25, 0.3) is 0 Å². The summed E-state index contributed by atoms with van der Waals surface area (Å²) < 4.78 is 7.80. The Balaban J connectivity index is 2.04. The van der Waals surface area contributed by atoms with Gasteiger partial charge in [0.2, 0.25) is 0 Å². The molecule has 0 radical (unpaired) electrons. The molecule has 4 heteroatoms. The zero-order valence-corrected chi connectivity index (χ0v) is 12.5. The molecule has 0 saturated heterocycles. The van der Waals surface area contributed by atoms with E-state index in [9.17, 15) is 0 Å². The second kappa shape index (κ2) is 7.10. The molecule has 0 aliphatic heterocycles. The van der Waals surface area contributed by atoms with Crippen LogP contribution in [0.5, 0.6) is 11.5 Å². The van der Waals surface area contributed by atoms with Gasteiger partial charge in [-0.05, 0) is 37.1 Å². The van der Waals surface area contributed by atoms with E-state index in [4.69, 9.17) is 4.74 Å². The fourth-order valence-electron chi connectivity index (χ4n) is 2.08. The van der Waals surface area contributed by atoms with Crippen molar-refractivity contribution in [3.63, 3.8) is 0 Å². The van der Waals surface area contributed by atoms with E-state index in [0.29, 0.717) is 0 Å². The fraction of sp³-hybridized carbons (Fsp3) is 0.438. The van der Waals surface area contributed by atoms with Crippen molar-refractivity contribution in [1.29, 1.82) is 0 Å². The third-order valence-corrected chi connectivity index (χ3v) is 3.11. The van der Waals surface area contributed by atoms with E-state index in [2.05, 4.69) is 43.3 Å². The first-order chi connectivity index (χ1) is 9.72. The fourth-order valence-corrected chi connectivity index (χ4v) is 2.08. The minimum absolute atomic E-state index is 0.793. The van der Waals surface area contributed by atoms with Crippen LogP contribution in [0, 0.1) is 6.92 Å². The van der Waals surface area contributed by atoms with Crippen LogP contribution in [0.4, 0.5) is 0 Å². The van der Waals surface area contributed by atoms with Crippen molar-refractivity contribution >= 4 is 0 Å². The lowest BCUT2D eigenvalue weighted by Crippen LogP contribution is -2.11. The molecule has 1 aromatic heterocycles. The van der Waals surface area contributed by atoms with Crippen molar-refractivity contribution in [3.05, 3.63) is 41.7 Å². The number of aryl methyl sites for hydroxylation is 2. The van der Waals surface area contributed by atoms with Crippen LogP contribution in [0.1, 0.15) is 31.4 Å². The van der Waals surface area contributed by atoms with Crippen LogP contribution in [0.15, 0.2) is 30.6 Å². The normalized spacial score (nSPS) is 10.8. The van der Waals surface area contributed by atoms with Gasteiger partial charge in [-0.15, -0.1) is 0 Å². The van der Waals surface area contributed by atoms with Crippen molar-refractivity contribution in [3.8, 4) is 11.5 Å². The van der Waals surface area contributed by atoms with Gasteiger partial charge >= 0.3 is 0 Å². The molecular formula is C16H23N3O. The van der Waals surface area contributed by atoms with E-state index >= 15 is 0 Å². The summed E-state index contributed by atoms with van der Waals surface area (Å²) in [4.78, 5) is 0. The topological polar surface area (TPSA) is 39.1 Å². The molecule has 0 spiro atoms. The summed E-state index contributed by atoms with van der Waals surface area (Å²) in [5.74, 6) is 1.68. The van der Waals surface area contributed by atoms with Crippen LogP contribution in [0.3, 0.4) is 0 Å². The van der Waals surface area contributed by atoms with E-state index in [1.165, 1.54) is 5.56 Å². The molecule has 20 heavy (non-hydrogen) atoms. The first-order valence-electron chi connectivity index (χ1n) is 7.23. The zero-order chi connectivity index (χ0) is 14.4. The maximum absolute atomic E-state index is 5.89. The summed E-state index contributed by atoms with van der Waals surface area (Å²) in [6, 6.07) is 6.29. The Morgan fingerprint density at radius 3 is 2.85 bits per heavy atom. The van der Waals surface area contributed by atoms with E-state index in [1.807, 2.05) is 16.9 Å². The second-order valence-electron chi connectivity index (χ2n) is 4.92. The van der Waals surface area contributed by atoms with E-state index in [1.54, 1.807) is 6.20 Å². The lowest BCUT2D eigenvalue weighted by Gasteiger charge is -2.09. The highest BCUT2D eigenvalue weighted by atomic mass is 16.5. The number of ether oxygens (including phenoxy) is 1. The monoisotopic (exact) mass is 273 g/mol. The Kier molecular flexibility index (Phi) is 5.18.